The molecule has 0 spiro atoms. The molecule has 2 heterocycles. The van der Waals surface area contributed by atoms with Gasteiger partial charge in [-0.1, -0.05) is 36.4 Å². The standard InChI is InChI=1S/C26H24F3N5O/c27-26(28,29)20-7-9-21(10-8-20)30-25(35)34-14-12-33(13-15-34)17-18-6-11-22-23(16-18)32-24(31-22)19-4-2-1-3-5-19/h1-11,16H,12-15,17H2,(H,30,35)(H,31,32). The van der Waals surface area contributed by atoms with Crippen molar-refractivity contribution in [3.63, 3.8) is 0 Å². The van der Waals surface area contributed by atoms with Gasteiger partial charge < -0.3 is 15.2 Å². The van der Waals surface area contributed by atoms with Crippen LogP contribution in [-0.4, -0.2) is 52.0 Å². The topological polar surface area (TPSA) is 64.3 Å². The van der Waals surface area contributed by atoms with Gasteiger partial charge in [0.25, 0.3) is 0 Å². The number of piperazine rings is 1. The lowest BCUT2D eigenvalue weighted by Gasteiger charge is -2.34. The molecule has 0 radical (unpaired) electrons. The van der Waals surface area contributed by atoms with E-state index in [9.17, 15) is 18.0 Å². The summed E-state index contributed by atoms with van der Waals surface area (Å²) in [6, 6.07) is 20.3. The second kappa shape index (κ2) is 9.42. The van der Waals surface area contributed by atoms with Gasteiger partial charge in [-0.2, -0.15) is 13.2 Å². The van der Waals surface area contributed by atoms with Gasteiger partial charge in [0.05, 0.1) is 16.6 Å². The highest BCUT2D eigenvalue weighted by molar-refractivity contribution is 5.89. The van der Waals surface area contributed by atoms with Gasteiger partial charge in [-0.05, 0) is 42.0 Å². The number of nitrogens with one attached hydrogen (secondary N) is 2. The van der Waals surface area contributed by atoms with Crippen molar-refractivity contribution < 1.29 is 18.0 Å². The van der Waals surface area contributed by atoms with Crippen molar-refractivity contribution in [2.75, 3.05) is 31.5 Å². The van der Waals surface area contributed by atoms with Crippen LogP contribution in [0.5, 0.6) is 0 Å². The van der Waals surface area contributed by atoms with Gasteiger partial charge in [0.15, 0.2) is 0 Å². The molecule has 9 heteroatoms. The van der Waals surface area contributed by atoms with E-state index in [-0.39, 0.29) is 6.03 Å². The molecule has 180 valence electrons. The highest BCUT2D eigenvalue weighted by Crippen LogP contribution is 2.30. The third-order valence-electron chi connectivity index (χ3n) is 6.12. The molecule has 35 heavy (non-hydrogen) atoms. The summed E-state index contributed by atoms with van der Waals surface area (Å²) < 4.78 is 38.1. The van der Waals surface area contributed by atoms with Crippen LogP contribution in [0.15, 0.2) is 72.8 Å². The summed E-state index contributed by atoms with van der Waals surface area (Å²) in [6.45, 7) is 3.24. The number of aromatic amines is 1. The van der Waals surface area contributed by atoms with Crippen LogP contribution < -0.4 is 5.32 Å². The van der Waals surface area contributed by atoms with Crippen LogP contribution in [0.4, 0.5) is 23.7 Å². The molecular formula is C26H24F3N5O. The molecule has 3 aromatic carbocycles. The highest BCUT2D eigenvalue weighted by atomic mass is 19.4. The van der Waals surface area contributed by atoms with Crippen LogP contribution in [0.1, 0.15) is 11.1 Å². The van der Waals surface area contributed by atoms with E-state index in [1.54, 1.807) is 4.90 Å². The number of alkyl halides is 3. The number of halogens is 3. The molecule has 5 rings (SSSR count). The summed E-state index contributed by atoms with van der Waals surface area (Å²) in [7, 11) is 0. The number of fused-ring (bicyclic) bond motifs is 1. The molecule has 6 nitrogen and oxygen atoms in total. The van der Waals surface area contributed by atoms with E-state index in [0.29, 0.717) is 31.9 Å². The molecule has 1 aliphatic heterocycles. The van der Waals surface area contributed by atoms with Crippen molar-refractivity contribution in [3.8, 4) is 11.4 Å². The number of H-pyrrole nitrogens is 1. The Kier molecular flexibility index (Phi) is 6.17. The van der Waals surface area contributed by atoms with E-state index in [0.717, 1.165) is 46.7 Å². The van der Waals surface area contributed by atoms with Gasteiger partial charge in [-0.15, -0.1) is 0 Å². The van der Waals surface area contributed by atoms with Crippen LogP contribution >= 0.6 is 0 Å². The van der Waals surface area contributed by atoms with Crippen LogP contribution in [0.2, 0.25) is 0 Å². The third kappa shape index (κ3) is 5.30. The Morgan fingerprint density at radius 1 is 0.943 bits per heavy atom. The Morgan fingerprint density at radius 3 is 2.34 bits per heavy atom. The minimum atomic E-state index is -4.40. The fraction of sp³-hybridized carbons (Fsp3) is 0.231. The van der Waals surface area contributed by atoms with E-state index in [1.807, 2.05) is 36.4 Å². The maximum Gasteiger partial charge on any atom is 0.416 e. The summed E-state index contributed by atoms with van der Waals surface area (Å²) in [5.41, 5.74) is 3.69. The van der Waals surface area contributed by atoms with E-state index in [4.69, 9.17) is 0 Å². The Hall–Kier alpha value is -3.85. The lowest BCUT2D eigenvalue weighted by atomic mass is 10.1. The van der Waals surface area contributed by atoms with Crippen molar-refractivity contribution in [2.24, 2.45) is 0 Å². The summed E-state index contributed by atoms with van der Waals surface area (Å²) >= 11 is 0. The molecule has 1 aliphatic rings. The van der Waals surface area contributed by atoms with Crippen LogP contribution in [0.25, 0.3) is 22.4 Å². The average Bonchev–Trinajstić information content (AvgIpc) is 3.28. The zero-order valence-corrected chi connectivity index (χ0v) is 18.8. The van der Waals surface area contributed by atoms with Crippen molar-refractivity contribution in [2.45, 2.75) is 12.7 Å². The Labute approximate surface area is 200 Å². The fourth-order valence-electron chi connectivity index (χ4n) is 4.20. The SMILES string of the molecule is O=C(Nc1ccc(C(F)(F)F)cc1)N1CCN(Cc2ccc3nc(-c4ccccc4)[nH]c3c2)CC1. The number of hydrogen-bond donors (Lipinski definition) is 2. The molecule has 2 amide bonds. The maximum atomic E-state index is 12.7. The van der Waals surface area contributed by atoms with Gasteiger partial charge in [-0.3, -0.25) is 4.90 Å². The summed E-state index contributed by atoms with van der Waals surface area (Å²) in [4.78, 5) is 24.6. The van der Waals surface area contributed by atoms with Crippen LogP contribution in [-0.2, 0) is 12.7 Å². The number of carbonyl (C=O) groups excluding carboxylic acids is 1. The van der Waals surface area contributed by atoms with Crippen LogP contribution in [0.3, 0.4) is 0 Å². The summed E-state index contributed by atoms with van der Waals surface area (Å²) in [5, 5.41) is 2.68. The van der Waals surface area contributed by atoms with E-state index in [1.165, 1.54) is 12.1 Å². The molecule has 4 aromatic rings. The average molecular weight is 480 g/mol. The smallest absolute Gasteiger partial charge is 0.338 e. The molecule has 2 N–H and O–H groups in total. The third-order valence-corrected chi connectivity index (χ3v) is 6.12. The Balaban J connectivity index is 1.16. The number of anilines is 1. The predicted molar refractivity (Wildman–Crippen MR) is 129 cm³/mol. The quantitative estimate of drug-likeness (QED) is 0.401. The van der Waals surface area contributed by atoms with Gasteiger partial charge in [0.2, 0.25) is 0 Å². The molecule has 1 saturated heterocycles. The predicted octanol–water partition coefficient (Wildman–Crippen LogP) is 5.60. The van der Waals surface area contributed by atoms with Gasteiger partial charge in [-0.25, -0.2) is 9.78 Å². The largest absolute Gasteiger partial charge is 0.416 e. The zero-order valence-electron chi connectivity index (χ0n) is 18.8. The van der Waals surface area contributed by atoms with E-state index < -0.39 is 11.7 Å². The second-order valence-electron chi connectivity index (χ2n) is 8.57. The maximum absolute atomic E-state index is 12.7. The Morgan fingerprint density at radius 2 is 1.66 bits per heavy atom. The number of hydrogen-bond acceptors (Lipinski definition) is 3. The van der Waals surface area contributed by atoms with Crippen molar-refractivity contribution >= 4 is 22.8 Å². The van der Waals surface area contributed by atoms with Crippen molar-refractivity contribution in [1.82, 2.24) is 19.8 Å². The Bertz CT molecular complexity index is 1310. The van der Waals surface area contributed by atoms with Gasteiger partial charge in [0, 0.05) is 44.0 Å². The molecule has 0 unspecified atom stereocenters. The lowest BCUT2D eigenvalue weighted by molar-refractivity contribution is -0.137. The molecule has 0 saturated carbocycles. The normalized spacial score (nSPS) is 14.9. The highest BCUT2D eigenvalue weighted by Gasteiger charge is 2.30. The number of carbonyl (C=O) groups is 1. The molecule has 1 aromatic heterocycles. The first-order valence-corrected chi connectivity index (χ1v) is 11.3. The first-order chi connectivity index (χ1) is 16.8. The number of rotatable bonds is 4. The van der Waals surface area contributed by atoms with Crippen molar-refractivity contribution in [1.29, 1.82) is 0 Å². The van der Waals surface area contributed by atoms with E-state index >= 15 is 0 Å². The lowest BCUT2D eigenvalue weighted by Crippen LogP contribution is -2.49. The van der Waals surface area contributed by atoms with Gasteiger partial charge >= 0.3 is 12.2 Å². The number of urea groups is 1. The molecule has 0 aliphatic carbocycles. The number of imidazole rings is 1. The number of benzene rings is 3. The van der Waals surface area contributed by atoms with Crippen molar-refractivity contribution in [3.05, 3.63) is 83.9 Å². The number of nitrogens with zero attached hydrogens (tertiary/aromatic N) is 3. The first kappa shape index (κ1) is 22.9. The van der Waals surface area contributed by atoms with Crippen LogP contribution in [0, 0.1) is 0 Å². The zero-order chi connectivity index (χ0) is 24.4. The first-order valence-electron chi connectivity index (χ1n) is 11.3. The molecular weight excluding hydrogens is 455 g/mol. The number of aromatic nitrogens is 2. The monoisotopic (exact) mass is 479 g/mol. The molecule has 1 fully saturated rings. The number of amides is 2. The van der Waals surface area contributed by atoms with E-state index in [2.05, 4.69) is 32.3 Å². The molecule has 0 atom stereocenters. The molecule has 0 bridgehead atoms. The second-order valence-corrected chi connectivity index (χ2v) is 8.57. The fourth-order valence-corrected chi connectivity index (χ4v) is 4.20. The minimum Gasteiger partial charge on any atom is -0.338 e. The minimum absolute atomic E-state index is 0.309. The van der Waals surface area contributed by atoms with Gasteiger partial charge in [0.1, 0.15) is 5.82 Å². The summed E-state index contributed by atoms with van der Waals surface area (Å²) in [6.07, 6.45) is -4.40. The summed E-state index contributed by atoms with van der Waals surface area (Å²) in [5.74, 6) is 0.838.